The van der Waals surface area contributed by atoms with Gasteiger partial charge in [0.05, 0.1) is 18.7 Å². The number of aryl methyl sites for hydroxylation is 1. The van der Waals surface area contributed by atoms with E-state index in [-0.39, 0.29) is 0 Å². The number of morpholine rings is 1. The van der Waals surface area contributed by atoms with Gasteiger partial charge in [-0.3, -0.25) is 4.90 Å². The molecule has 0 unspecified atom stereocenters. The summed E-state index contributed by atoms with van der Waals surface area (Å²) in [6, 6.07) is 14.3. The molecule has 1 saturated heterocycles. The van der Waals surface area contributed by atoms with E-state index in [0.29, 0.717) is 12.5 Å². The van der Waals surface area contributed by atoms with Gasteiger partial charge >= 0.3 is 0 Å². The summed E-state index contributed by atoms with van der Waals surface area (Å²) in [5.41, 5.74) is 2.03. The first-order chi connectivity index (χ1) is 13.7. The van der Waals surface area contributed by atoms with Crippen LogP contribution in [0.1, 0.15) is 0 Å². The topological polar surface area (TPSA) is 39.5 Å². The number of halogens is 1. The van der Waals surface area contributed by atoms with Crippen molar-refractivity contribution in [2.75, 3.05) is 39.5 Å². The molecule has 1 aliphatic heterocycles. The van der Waals surface area contributed by atoms with E-state index < -0.39 is 0 Å². The van der Waals surface area contributed by atoms with E-state index in [2.05, 4.69) is 27.7 Å². The van der Waals surface area contributed by atoms with Crippen LogP contribution in [0.4, 0.5) is 0 Å². The number of pyridine rings is 1. The van der Waals surface area contributed by atoms with Crippen LogP contribution < -0.4 is 4.74 Å². The maximum atomic E-state index is 6.29. The Morgan fingerprint density at radius 2 is 1.86 bits per heavy atom. The van der Waals surface area contributed by atoms with Crippen LogP contribution in [0.15, 0.2) is 42.5 Å². The van der Waals surface area contributed by atoms with Crippen molar-refractivity contribution in [1.82, 2.24) is 14.5 Å². The van der Waals surface area contributed by atoms with E-state index in [0.717, 1.165) is 70.6 Å². The summed E-state index contributed by atoms with van der Waals surface area (Å²) in [5, 5.41) is 5.14. The van der Waals surface area contributed by atoms with E-state index >= 15 is 0 Å². The molecule has 5 rings (SSSR count). The van der Waals surface area contributed by atoms with E-state index in [1.54, 1.807) is 0 Å². The van der Waals surface area contributed by atoms with Gasteiger partial charge in [-0.15, -0.1) is 0 Å². The molecule has 0 N–H and O–H groups in total. The Kier molecular flexibility index (Phi) is 4.59. The Balaban J connectivity index is 1.59. The highest BCUT2D eigenvalue weighted by atomic mass is 35.5. The molecule has 0 radical (unpaired) electrons. The summed E-state index contributed by atoms with van der Waals surface area (Å²) in [6.45, 7) is 5.00. The number of fused-ring (bicyclic) bond motifs is 5. The summed E-state index contributed by atoms with van der Waals surface area (Å²) in [5.74, 6) is 0.688. The molecule has 28 heavy (non-hydrogen) atoms. The molecule has 0 bridgehead atoms. The van der Waals surface area contributed by atoms with Crippen molar-refractivity contribution in [1.29, 1.82) is 0 Å². The predicted octanol–water partition coefficient (Wildman–Crippen LogP) is 4.24. The molecule has 5 nitrogen and oxygen atoms in total. The van der Waals surface area contributed by atoms with Crippen LogP contribution in [0.2, 0.25) is 5.02 Å². The van der Waals surface area contributed by atoms with Crippen molar-refractivity contribution >= 4 is 44.3 Å². The number of nitrogens with zero attached hydrogens (tertiary/aromatic N) is 3. The van der Waals surface area contributed by atoms with Crippen LogP contribution in [-0.2, 0) is 11.8 Å². The first kappa shape index (κ1) is 17.7. The highest BCUT2D eigenvalue weighted by Gasteiger charge is 2.17. The molecule has 0 atom stereocenters. The van der Waals surface area contributed by atoms with Gasteiger partial charge in [0.15, 0.2) is 0 Å². The van der Waals surface area contributed by atoms with Gasteiger partial charge in [-0.1, -0.05) is 29.8 Å². The molecule has 4 aromatic rings. The van der Waals surface area contributed by atoms with Crippen LogP contribution in [0.3, 0.4) is 0 Å². The highest BCUT2D eigenvalue weighted by molar-refractivity contribution is 6.32. The average molecular weight is 396 g/mol. The fourth-order valence-electron chi connectivity index (χ4n) is 4.05. The first-order valence-corrected chi connectivity index (χ1v) is 9.99. The molecule has 1 aliphatic rings. The smallest absolute Gasteiger partial charge is 0.223 e. The quantitative estimate of drug-likeness (QED) is 0.518. The number of aromatic nitrogens is 2. The van der Waals surface area contributed by atoms with Gasteiger partial charge in [0.25, 0.3) is 0 Å². The van der Waals surface area contributed by atoms with E-state index in [1.165, 1.54) is 0 Å². The minimum absolute atomic E-state index is 0.609. The van der Waals surface area contributed by atoms with E-state index in [9.17, 15) is 0 Å². The number of benzene rings is 2. The first-order valence-electron chi connectivity index (χ1n) is 9.61. The van der Waals surface area contributed by atoms with Crippen molar-refractivity contribution in [3.05, 3.63) is 47.5 Å². The van der Waals surface area contributed by atoms with Gasteiger partial charge in [-0.25, -0.2) is 0 Å². The molecular formula is C22H22ClN3O2. The summed E-state index contributed by atoms with van der Waals surface area (Å²) in [4.78, 5) is 7.27. The zero-order valence-electron chi connectivity index (χ0n) is 15.8. The summed E-state index contributed by atoms with van der Waals surface area (Å²) in [7, 11) is 2.04. The standard InChI is InChI=1S/C22H22ClN3O2/c1-25-19-7-6-15(23)14-18(19)20-16-4-2-3-5-17(16)22(24-21(20)25)28-13-10-26-8-11-27-12-9-26/h2-7,14H,8-13H2,1H3. The lowest BCUT2D eigenvalue weighted by Crippen LogP contribution is -2.38. The lowest BCUT2D eigenvalue weighted by atomic mass is 10.1. The molecule has 2 aromatic heterocycles. The van der Waals surface area contributed by atoms with Gasteiger partial charge in [0.2, 0.25) is 5.88 Å². The normalized spacial score (nSPS) is 15.6. The Morgan fingerprint density at radius 3 is 2.68 bits per heavy atom. The molecule has 3 heterocycles. The van der Waals surface area contributed by atoms with Crippen molar-refractivity contribution in [2.24, 2.45) is 7.05 Å². The molecule has 1 fully saturated rings. The van der Waals surface area contributed by atoms with Gasteiger partial charge in [-0.05, 0) is 29.7 Å². The molecule has 144 valence electrons. The second-order valence-corrected chi connectivity index (χ2v) is 7.62. The summed E-state index contributed by atoms with van der Waals surface area (Å²) < 4.78 is 13.7. The van der Waals surface area contributed by atoms with Crippen LogP contribution >= 0.6 is 11.6 Å². The van der Waals surface area contributed by atoms with Crippen LogP contribution in [0.5, 0.6) is 5.88 Å². The third-order valence-electron chi connectivity index (χ3n) is 5.51. The predicted molar refractivity (Wildman–Crippen MR) is 113 cm³/mol. The number of hydrogen-bond donors (Lipinski definition) is 0. The summed E-state index contributed by atoms with van der Waals surface area (Å²) >= 11 is 6.29. The van der Waals surface area contributed by atoms with Gasteiger partial charge in [0, 0.05) is 47.9 Å². The van der Waals surface area contributed by atoms with Crippen molar-refractivity contribution in [2.45, 2.75) is 0 Å². The Bertz CT molecular complexity index is 1170. The van der Waals surface area contributed by atoms with Gasteiger partial charge in [0.1, 0.15) is 12.3 Å². The lowest BCUT2D eigenvalue weighted by Gasteiger charge is -2.26. The molecule has 2 aromatic carbocycles. The molecule has 0 aliphatic carbocycles. The van der Waals surface area contributed by atoms with Crippen LogP contribution in [0.25, 0.3) is 32.7 Å². The van der Waals surface area contributed by atoms with Crippen LogP contribution in [0, 0.1) is 0 Å². The largest absolute Gasteiger partial charge is 0.476 e. The fourth-order valence-corrected chi connectivity index (χ4v) is 4.22. The number of rotatable bonds is 4. The van der Waals surface area contributed by atoms with Gasteiger partial charge < -0.3 is 14.0 Å². The Morgan fingerprint density at radius 1 is 1.07 bits per heavy atom. The zero-order valence-corrected chi connectivity index (χ0v) is 16.6. The molecule has 0 amide bonds. The molecule has 0 saturated carbocycles. The maximum absolute atomic E-state index is 6.29. The minimum Gasteiger partial charge on any atom is -0.476 e. The van der Waals surface area contributed by atoms with Crippen LogP contribution in [-0.4, -0.2) is 53.9 Å². The molecule has 0 spiro atoms. The Hall–Kier alpha value is -2.34. The lowest BCUT2D eigenvalue weighted by molar-refractivity contribution is 0.0321. The van der Waals surface area contributed by atoms with Crippen molar-refractivity contribution < 1.29 is 9.47 Å². The van der Waals surface area contributed by atoms with E-state index in [1.807, 2.05) is 31.3 Å². The fraction of sp³-hybridized carbons (Fsp3) is 0.318. The monoisotopic (exact) mass is 395 g/mol. The third-order valence-corrected chi connectivity index (χ3v) is 5.75. The Labute approximate surface area is 168 Å². The van der Waals surface area contributed by atoms with Gasteiger partial charge in [-0.2, -0.15) is 4.98 Å². The summed E-state index contributed by atoms with van der Waals surface area (Å²) in [6.07, 6.45) is 0. The SMILES string of the molecule is Cn1c2ccc(Cl)cc2c2c3ccccc3c(OCCN3CCOCC3)nc21. The molecular weight excluding hydrogens is 374 g/mol. The minimum atomic E-state index is 0.609. The highest BCUT2D eigenvalue weighted by Crippen LogP contribution is 2.37. The second-order valence-electron chi connectivity index (χ2n) is 7.18. The maximum Gasteiger partial charge on any atom is 0.223 e. The number of hydrogen-bond acceptors (Lipinski definition) is 4. The van der Waals surface area contributed by atoms with E-state index in [4.69, 9.17) is 26.1 Å². The van der Waals surface area contributed by atoms with Crippen molar-refractivity contribution in [3.63, 3.8) is 0 Å². The molecule has 6 heteroatoms. The van der Waals surface area contributed by atoms with Crippen molar-refractivity contribution in [3.8, 4) is 5.88 Å². The average Bonchev–Trinajstić information content (AvgIpc) is 3.00. The number of ether oxygens (including phenoxy) is 2. The third kappa shape index (κ3) is 3.00. The second kappa shape index (κ2) is 7.24. The zero-order chi connectivity index (χ0) is 19.1.